The molecular formula is C10H8BrIO4. The van der Waals surface area contributed by atoms with Crippen molar-refractivity contribution in [1.82, 2.24) is 0 Å². The summed E-state index contributed by atoms with van der Waals surface area (Å²) in [5.74, 6) is 0.0683. The van der Waals surface area contributed by atoms with E-state index < -0.39 is 5.97 Å². The molecule has 0 bridgehead atoms. The Morgan fingerprint density at radius 3 is 2.75 bits per heavy atom. The van der Waals surface area contributed by atoms with Crippen molar-refractivity contribution < 1.29 is 19.1 Å². The molecule has 0 amide bonds. The lowest BCUT2D eigenvalue weighted by molar-refractivity contribution is -0.142. The van der Waals surface area contributed by atoms with Gasteiger partial charge in [0.1, 0.15) is 12.0 Å². The fraction of sp³-hybridized carbons (Fsp3) is 0.200. The number of carbonyl (C=O) groups is 2. The highest BCUT2D eigenvalue weighted by atomic mass is 127. The largest absolute Gasteiger partial charge is 0.480 e. The van der Waals surface area contributed by atoms with E-state index in [2.05, 4.69) is 20.7 Å². The zero-order valence-electron chi connectivity index (χ0n) is 8.33. The molecule has 86 valence electrons. The van der Waals surface area contributed by atoms with E-state index >= 15 is 0 Å². The molecule has 1 rings (SSSR count). The van der Waals surface area contributed by atoms with E-state index in [0.29, 0.717) is 15.8 Å². The van der Waals surface area contributed by atoms with Gasteiger partial charge in [0.2, 0.25) is 0 Å². The Bertz CT molecular complexity index is 396. The summed E-state index contributed by atoms with van der Waals surface area (Å²) in [6.45, 7) is -0.161. The molecule has 0 atom stereocenters. The van der Waals surface area contributed by atoms with Gasteiger partial charge in [-0.05, 0) is 50.7 Å². The maximum absolute atomic E-state index is 10.9. The minimum Gasteiger partial charge on any atom is -0.480 e. The number of esters is 1. The predicted molar refractivity (Wildman–Crippen MR) is 69.8 cm³/mol. The minimum absolute atomic E-state index is 0.161. The Kier molecular flexibility index (Phi) is 5.20. The quantitative estimate of drug-likeness (QED) is 0.444. The monoisotopic (exact) mass is 398 g/mol. The third kappa shape index (κ3) is 3.44. The van der Waals surface area contributed by atoms with E-state index in [-0.39, 0.29) is 6.61 Å². The van der Waals surface area contributed by atoms with Gasteiger partial charge in [0.15, 0.2) is 6.61 Å². The van der Waals surface area contributed by atoms with Crippen LogP contribution in [0.2, 0.25) is 0 Å². The van der Waals surface area contributed by atoms with Crippen molar-refractivity contribution in [1.29, 1.82) is 0 Å². The topological polar surface area (TPSA) is 52.6 Å². The number of aldehydes is 1. The van der Waals surface area contributed by atoms with Gasteiger partial charge < -0.3 is 9.47 Å². The third-order valence-corrected chi connectivity index (χ3v) is 3.11. The fourth-order valence-electron chi connectivity index (χ4n) is 0.975. The first-order chi connectivity index (χ1) is 7.58. The van der Waals surface area contributed by atoms with Crippen LogP contribution in [-0.4, -0.2) is 26.0 Å². The van der Waals surface area contributed by atoms with E-state index in [9.17, 15) is 9.59 Å². The molecule has 0 radical (unpaired) electrons. The highest BCUT2D eigenvalue weighted by Crippen LogP contribution is 2.31. The number of hydrogen-bond donors (Lipinski definition) is 0. The maximum atomic E-state index is 10.9. The van der Waals surface area contributed by atoms with Crippen LogP contribution in [0.25, 0.3) is 0 Å². The summed E-state index contributed by atoms with van der Waals surface area (Å²) in [6.07, 6.45) is 0.747. The average Bonchev–Trinajstić information content (AvgIpc) is 2.27. The summed E-state index contributed by atoms with van der Waals surface area (Å²) in [5, 5.41) is 0. The molecule has 0 spiro atoms. The molecule has 16 heavy (non-hydrogen) atoms. The first-order valence-electron chi connectivity index (χ1n) is 4.22. The van der Waals surface area contributed by atoms with Gasteiger partial charge in [-0.3, -0.25) is 4.79 Å². The molecule has 1 aromatic carbocycles. The van der Waals surface area contributed by atoms with Gasteiger partial charge in [0.05, 0.1) is 15.2 Å². The lowest BCUT2D eigenvalue weighted by Crippen LogP contribution is -2.13. The van der Waals surface area contributed by atoms with Gasteiger partial charge in [-0.25, -0.2) is 4.79 Å². The van der Waals surface area contributed by atoms with E-state index in [1.165, 1.54) is 7.11 Å². The van der Waals surface area contributed by atoms with Crippen LogP contribution in [0.15, 0.2) is 16.6 Å². The van der Waals surface area contributed by atoms with Crippen LogP contribution in [0.3, 0.4) is 0 Å². The Morgan fingerprint density at radius 1 is 1.56 bits per heavy atom. The summed E-state index contributed by atoms with van der Waals surface area (Å²) in [6, 6.07) is 3.30. The van der Waals surface area contributed by atoms with Crippen molar-refractivity contribution >= 4 is 50.8 Å². The van der Waals surface area contributed by atoms with Gasteiger partial charge in [-0.15, -0.1) is 0 Å². The van der Waals surface area contributed by atoms with E-state index in [1.54, 1.807) is 12.1 Å². The van der Waals surface area contributed by atoms with Crippen LogP contribution in [-0.2, 0) is 9.53 Å². The first-order valence-corrected chi connectivity index (χ1v) is 6.09. The van der Waals surface area contributed by atoms with Crippen molar-refractivity contribution in [2.24, 2.45) is 0 Å². The smallest absolute Gasteiger partial charge is 0.343 e. The lowest BCUT2D eigenvalue weighted by Gasteiger charge is -2.09. The fourth-order valence-corrected chi connectivity index (χ4v) is 2.74. The number of benzene rings is 1. The zero-order chi connectivity index (χ0) is 12.1. The predicted octanol–water partition coefficient (Wildman–Crippen LogP) is 2.42. The molecule has 0 N–H and O–H groups in total. The highest BCUT2D eigenvalue weighted by molar-refractivity contribution is 14.1. The van der Waals surface area contributed by atoms with Crippen LogP contribution in [0.4, 0.5) is 0 Å². The number of ether oxygens (including phenoxy) is 2. The molecule has 0 aliphatic heterocycles. The molecule has 0 aliphatic carbocycles. The standard InChI is InChI=1S/C10H8BrIO4/c1-15-9(14)5-16-10-7(11)2-6(4-13)3-8(10)12/h2-4H,5H2,1H3. The summed E-state index contributed by atoms with van der Waals surface area (Å²) >= 11 is 5.30. The number of rotatable bonds is 4. The van der Waals surface area contributed by atoms with Crippen molar-refractivity contribution in [2.75, 3.05) is 13.7 Å². The Labute approximate surface area is 115 Å². The van der Waals surface area contributed by atoms with Gasteiger partial charge in [0, 0.05) is 5.56 Å². The van der Waals surface area contributed by atoms with Crippen molar-refractivity contribution in [2.45, 2.75) is 0 Å². The molecule has 0 aliphatic rings. The second-order valence-corrected chi connectivity index (χ2v) is 4.81. The van der Waals surface area contributed by atoms with E-state index in [4.69, 9.17) is 4.74 Å². The summed E-state index contributed by atoms with van der Waals surface area (Å²) < 4.78 is 11.1. The Balaban J connectivity index is 2.88. The normalized spacial score (nSPS) is 9.69. The molecule has 0 unspecified atom stereocenters. The van der Waals surface area contributed by atoms with E-state index in [1.807, 2.05) is 22.6 Å². The number of hydrogen-bond acceptors (Lipinski definition) is 4. The zero-order valence-corrected chi connectivity index (χ0v) is 12.1. The van der Waals surface area contributed by atoms with Crippen molar-refractivity contribution in [3.8, 4) is 5.75 Å². The van der Waals surface area contributed by atoms with Gasteiger partial charge in [0.25, 0.3) is 0 Å². The van der Waals surface area contributed by atoms with Crippen LogP contribution >= 0.6 is 38.5 Å². The molecular weight excluding hydrogens is 391 g/mol. The molecule has 0 aromatic heterocycles. The van der Waals surface area contributed by atoms with Crippen LogP contribution < -0.4 is 4.74 Å². The summed E-state index contributed by atoms with van der Waals surface area (Å²) in [4.78, 5) is 21.5. The summed E-state index contributed by atoms with van der Waals surface area (Å²) in [7, 11) is 1.29. The average molecular weight is 399 g/mol. The molecule has 0 saturated heterocycles. The summed E-state index contributed by atoms with van der Waals surface area (Å²) in [5.41, 5.74) is 0.543. The van der Waals surface area contributed by atoms with Gasteiger partial charge >= 0.3 is 5.97 Å². The number of methoxy groups -OCH3 is 1. The highest BCUT2D eigenvalue weighted by Gasteiger charge is 2.10. The van der Waals surface area contributed by atoms with Gasteiger partial charge in [-0.1, -0.05) is 0 Å². The van der Waals surface area contributed by atoms with Crippen molar-refractivity contribution in [3.05, 3.63) is 25.7 Å². The Hall–Kier alpha value is -0.630. The van der Waals surface area contributed by atoms with E-state index in [0.717, 1.165) is 9.86 Å². The van der Waals surface area contributed by atoms with Crippen LogP contribution in [0.1, 0.15) is 10.4 Å². The lowest BCUT2D eigenvalue weighted by atomic mass is 10.2. The molecule has 4 nitrogen and oxygen atoms in total. The minimum atomic E-state index is -0.456. The maximum Gasteiger partial charge on any atom is 0.343 e. The van der Waals surface area contributed by atoms with Crippen LogP contribution in [0.5, 0.6) is 5.75 Å². The number of halogens is 2. The van der Waals surface area contributed by atoms with Gasteiger partial charge in [-0.2, -0.15) is 0 Å². The molecule has 1 aromatic rings. The molecule has 6 heteroatoms. The Morgan fingerprint density at radius 2 is 2.25 bits per heavy atom. The molecule has 0 heterocycles. The SMILES string of the molecule is COC(=O)COc1c(Br)cc(C=O)cc1I. The van der Waals surface area contributed by atoms with Crippen molar-refractivity contribution in [3.63, 3.8) is 0 Å². The second-order valence-electron chi connectivity index (χ2n) is 2.80. The van der Waals surface area contributed by atoms with Crippen LogP contribution in [0, 0.1) is 3.57 Å². The molecule has 0 fully saturated rings. The number of carbonyl (C=O) groups excluding carboxylic acids is 2. The first kappa shape index (κ1) is 13.4. The second kappa shape index (κ2) is 6.19. The third-order valence-electron chi connectivity index (χ3n) is 1.72. The molecule has 0 saturated carbocycles.